The first-order valence-corrected chi connectivity index (χ1v) is 10.3. The fraction of sp³-hybridized carbons (Fsp3) is 0.136. The summed E-state index contributed by atoms with van der Waals surface area (Å²) in [6.45, 7) is 3.38. The van der Waals surface area contributed by atoms with Gasteiger partial charge in [-0.05, 0) is 36.3 Å². The highest BCUT2D eigenvalue weighted by atomic mass is 35.5. The predicted molar refractivity (Wildman–Crippen MR) is 125 cm³/mol. The first kappa shape index (κ1) is 20.1. The van der Waals surface area contributed by atoms with Crippen LogP contribution < -0.4 is 10.6 Å². The van der Waals surface area contributed by atoms with Crippen LogP contribution in [0.1, 0.15) is 16.7 Å². The average Bonchev–Trinajstić information content (AvgIpc) is 3.33. The quantitative estimate of drug-likeness (QED) is 0.419. The Morgan fingerprint density at radius 1 is 1.03 bits per heavy atom. The van der Waals surface area contributed by atoms with Crippen LogP contribution in [-0.4, -0.2) is 24.7 Å². The lowest BCUT2D eigenvalue weighted by Crippen LogP contribution is -2.19. The van der Waals surface area contributed by atoms with Crippen LogP contribution in [0.2, 0.25) is 5.02 Å². The van der Waals surface area contributed by atoms with Crippen molar-refractivity contribution in [3.8, 4) is 0 Å². The maximum absolute atomic E-state index is 6.22. The van der Waals surface area contributed by atoms with Crippen molar-refractivity contribution in [2.75, 3.05) is 10.6 Å². The van der Waals surface area contributed by atoms with Gasteiger partial charge in [0, 0.05) is 23.5 Å². The molecule has 0 radical (unpaired) electrons. The molecule has 2 aromatic heterocycles. The number of benzene rings is 2. The van der Waals surface area contributed by atoms with Crippen molar-refractivity contribution in [3.63, 3.8) is 0 Å². The number of aromatic nitrogens is 4. The number of nitrogens with zero attached hydrogens (tertiary/aromatic N) is 4. The lowest BCUT2D eigenvalue weighted by Gasteiger charge is -2.07. The van der Waals surface area contributed by atoms with E-state index in [-0.39, 0.29) is 0 Å². The molecule has 0 aliphatic heterocycles. The molecule has 0 atom stereocenters. The first-order valence-electron chi connectivity index (χ1n) is 9.48. The zero-order chi connectivity index (χ0) is 20.9. The smallest absolute Gasteiger partial charge is 0.176 e. The van der Waals surface area contributed by atoms with Crippen molar-refractivity contribution in [2.24, 2.45) is 0 Å². The molecule has 0 spiro atoms. The fourth-order valence-electron chi connectivity index (χ4n) is 3.11. The molecule has 152 valence electrons. The molecule has 0 saturated heterocycles. The Bertz CT molecular complexity index is 1170. The summed E-state index contributed by atoms with van der Waals surface area (Å²) in [5.41, 5.74) is 4.24. The average molecular weight is 437 g/mol. The van der Waals surface area contributed by atoms with E-state index in [2.05, 4.69) is 52.0 Å². The van der Waals surface area contributed by atoms with E-state index >= 15 is 0 Å². The Morgan fingerprint density at radius 2 is 1.90 bits per heavy atom. The molecule has 4 rings (SSSR count). The molecule has 0 amide bonds. The maximum atomic E-state index is 6.22. The molecule has 0 saturated carbocycles. The number of halogens is 1. The van der Waals surface area contributed by atoms with Crippen LogP contribution in [0.5, 0.6) is 0 Å². The van der Waals surface area contributed by atoms with Gasteiger partial charge in [0.2, 0.25) is 0 Å². The Hall–Kier alpha value is -3.16. The lowest BCUT2D eigenvalue weighted by atomic mass is 10.1. The summed E-state index contributed by atoms with van der Waals surface area (Å²) in [5, 5.41) is 16.3. The van der Waals surface area contributed by atoms with Crippen LogP contribution in [0, 0.1) is 6.92 Å². The third-order valence-electron chi connectivity index (χ3n) is 4.49. The first-order chi connectivity index (χ1) is 14.5. The molecule has 0 aliphatic carbocycles. The molecule has 2 N–H and O–H groups in total. The minimum absolute atomic E-state index is 0.452. The van der Waals surface area contributed by atoms with Crippen molar-refractivity contribution in [1.29, 1.82) is 0 Å². The van der Waals surface area contributed by atoms with Gasteiger partial charge in [-0.1, -0.05) is 59.6 Å². The van der Waals surface area contributed by atoms with Crippen LogP contribution >= 0.6 is 23.8 Å². The van der Waals surface area contributed by atoms with Gasteiger partial charge < -0.3 is 10.6 Å². The van der Waals surface area contributed by atoms with E-state index in [0.29, 0.717) is 24.0 Å². The number of hydrogen-bond acceptors (Lipinski definition) is 3. The molecule has 0 aliphatic rings. The van der Waals surface area contributed by atoms with Crippen LogP contribution in [0.15, 0.2) is 73.2 Å². The summed E-state index contributed by atoms with van der Waals surface area (Å²) in [6, 6.07) is 18.0. The van der Waals surface area contributed by atoms with E-state index in [1.807, 2.05) is 52.1 Å². The molecule has 2 heterocycles. The van der Waals surface area contributed by atoms with Gasteiger partial charge in [-0.15, -0.1) is 0 Å². The second-order valence-corrected chi connectivity index (χ2v) is 7.80. The lowest BCUT2D eigenvalue weighted by molar-refractivity contribution is 0.687. The molecular formula is C22H21ClN6S. The predicted octanol–water partition coefficient (Wildman–Crippen LogP) is 4.95. The highest BCUT2D eigenvalue weighted by Gasteiger charge is 2.06. The highest BCUT2D eigenvalue weighted by Crippen LogP contribution is 2.17. The minimum Gasteiger partial charge on any atom is -0.330 e. The zero-order valence-electron chi connectivity index (χ0n) is 16.4. The van der Waals surface area contributed by atoms with E-state index < -0.39 is 0 Å². The van der Waals surface area contributed by atoms with Gasteiger partial charge in [-0.3, -0.25) is 9.36 Å². The van der Waals surface area contributed by atoms with Gasteiger partial charge in [0.15, 0.2) is 10.9 Å². The van der Waals surface area contributed by atoms with Gasteiger partial charge in [-0.2, -0.15) is 10.2 Å². The second kappa shape index (κ2) is 9.11. The van der Waals surface area contributed by atoms with Crippen molar-refractivity contribution in [1.82, 2.24) is 19.6 Å². The van der Waals surface area contributed by atoms with Gasteiger partial charge in [0.05, 0.1) is 25.0 Å². The van der Waals surface area contributed by atoms with Crippen LogP contribution in [-0.2, 0) is 13.1 Å². The number of nitrogens with one attached hydrogen (secondary N) is 2. The van der Waals surface area contributed by atoms with Gasteiger partial charge in [0.1, 0.15) is 0 Å². The Morgan fingerprint density at radius 3 is 2.73 bits per heavy atom. The molecular weight excluding hydrogens is 416 g/mol. The monoisotopic (exact) mass is 436 g/mol. The van der Waals surface area contributed by atoms with Gasteiger partial charge in [0.25, 0.3) is 0 Å². The summed E-state index contributed by atoms with van der Waals surface area (Å²) in [6.07, 6.45) is 5.53. The van der Waals surface area contributed by atoms with E-state index in [1.165, 1.54) is 11.1 Å². The topological polar surface area (TPSA) is 59.7 Å². The summed E-state index contributed by atoms with van der Waals surface area (Å²) < 4.78 is 3.68. The summed E-state index contributed by atoms with van der Waals surface area (Å²) in [5.74, 6) is 0.684. The van der Waals surface area contributed by atoms with Crippen molar-refractivity contribution < 1.29 is 0 Å². The molecule has 4 aromatic rings. The second-order valence-electron chi connectivity index (χ2n) is 6.98. The number of aryl methyl sites for hydroxylation is 1. The Balaban J connectivity index is 1.32. The van der Waals surface area contributed by atoms with Crippen molar-refractivity contribution in [3.05, 3.63) is 94.9 Å². The minimum atomic E-state index is 0.452. The number of rotatable bonds is 6. The maximum Gasteiger partial charge on any atom is 0.176 e. The highest BCUT2D eigenvalue weighted by molar-refractivity contribution is 7.80. The van der Waals surface area contributed by atoms with Crippen molar-refractivity contribution in [2.45, 2.75) is 20.0 Å². The van der Waals surface area contributed by atoms with Crippen LogP contribution in [0.4, 0.5) is 11.5 Å². The number of anilines is 2. The number of hydrogen-bond donors (Lipinski definition) is 2. The normalized spacial score (nSPS) is 10.7. The standard InChI is InChI=1S/C22H21ClN6S/c1-16-5-4-6-17(11-16)13-28-10-9-21(27-28)26-22(30)25-19-12-24-29(15-19)14-18-7-2-3-8-20(18)23/h2-12,15H,13-14H2,1H3,(H2,25,26,27,30). The fourth-order valence-corrected chi connectivity index (χ4v) is 3.53. The van der Waals surface area contributed by atoms with Crippen molar-refractivity contribution >= 4 is 40.4 Å². The van der Waals surface area contributed by atoms with Crippen LogP contribution in [0.3, 0.4) is 0 Å². The summed E-state index contributed by atoms with van der Waals surface area (Å²) in [7, 11) is 0. The molecule has 0 fully saturated rings. The van der Waals surface area contributed by atoms with Crippen LogP contribution in [0.25, 0.3) is 0 Å². The summed E-state index contributed by atoms with van der Waals surface area (Å²) in [4.78, 5) is 0. The van der Waals surface area contributed by atoms with E-state index in [0.717, 1.165) is 16.3 Å². The molecule has 8 heteroatoms. The van der Waals surface area contributed by atoms with E-state index in [9.17, 15) is 0 Å². The third kappa shape index (κ3) is 5.25. The SMILES string of the molecule is Cc1cccc(Cn2ccc(NC(=S)Nc3cnn(Cc4ccccc4Cl)c3)n2)c1. The van der Waals surface area contributed by atoms with E-state index in [4.69, 9.17) is 23.8 Å². The van der Waals surface area contributed by atoms with Gasteiger partial charge >= 0.3 is 0 Å². The largest absolute Gasteiger partial charge is 0.330 e. The number of thiocarbonyl (C=S) groups is 1. The Labute approximate surface area is 185 Å². The third-order valence-corrected chi connectivity index (χ3v) is 5.06. The molecule has 30 heavy (non-hydrogen) atoms. The molecule has 0 unspecified atom stereocenters. The molecule has 0 bridgehead atoms. The molecule has 6 nitrogen and oxygen atoms in total. The Kier molecular flexibility index (Phi) is 6.11. The summed E-state index contributed by atoms with van der Waals surface area (Å²) >= 11 is 11.6. The zero-order valence-corrected chi connectivity index (χ0v) is 18.0. The van der Waals surface area contributed by atoms with E-state index in [1.54, 1.807) is 6.20 Å². The van der Waals surface area contributed by atoms with Gasteiger partial charge in [-0.25, -0.2) is 0 Å². The molecule has 2 aromatic carbocycles.